The van der Waals surface area contributed by atoms with E-state index < -0.39 is 6.23 Å². The molecule has 0 amide bonds. The van der Waals surface area contributed by atoms with E-state index in [2.05, 4.69) is 54.9 Å². The third kappa shape index (κ3) is 4.75. The Bertz CT molecular complexity index is 591. The summed E-state index contributed by atoms with van der Waals surface area (Å²) in [6.45, 7) is 11.8. The number of amidine groups is 1. The van der Waals surface area contributed by atoms with E-state index in [-0.39, 0.29) is 0 Å². The number of unbranched alkanes of at least 4 members (excludes halogenated alkanes) is 1. The fraction of sp³-hybridized carbons (Fsp3) is 0.550. The topological polar surface area (TPSA) is 48.3 Å². The summed E-state index contributed by atoms with van der Waals surface area (Å²) in [5.41, 5.74) is 2.22. The van der Waals surface area contributed by atoms with Crippen LogP contribution in [0.2, 0.25) is 0 Å². The van der Waals surface area contributed by atoms with Gasteiger partial charge in [-0.1, -0.05) is 25.5 Å². The minimum atomic E-state index is -0.771. The number of benzene rings is 1. The molecule has 0 bridgehead atoms. The van der Waals surface area contributed by atoms with Crippen LogP contribution in [0.5, 0.6) is 0 Å². The molecule has 1 heterocycles. The highest BCUT2D eigenvalue weighted by Crippen LogP contribution is 2.24. The predicted octanol–water partition coefficient (Wildman–Crippen LogP) is 3.70. The summed E-state index contributed by atoms with van der Waals surface area (Å²) in [6, 6.07) is 8.84. The molecule has 2 rings (SSSR count). The van der Waals surface area contributed by atoms with Crippen LogP contribution in [0.15, 0.2) is 35.0 Å². The molecule has 138 valence electrons. The van der Waals surface area contributed by atoms with E-state index >= 15 is 0 Å². The number of aliphatic hydroxyl groups is 1. The zero-order chi connectivity index (χ0) is 18.2. The molecule has 1 N–H and O–H groups in total. The van der Waals surface area contributed by atoms with Crippen molar-refractivity contribution in [3.05, 3.63) is 35.6 Å². The summed E-state index contributed by atoms with van der Waals surface area (Å²) >= 11 is 0. The van der Waals surface area contributed by atoms with Gasteiger partial charge >= 0.3 is 0 Å². The lowest BCUT2D eigenvalue weighted by Gasteiger charge is -2.20. The molecular weight excluding hydrogens is 314 g/mol. The van der Waals surface area contributed by atoms with E-state index in [1.54, 1.807) is 4.90 Å². The van der Waals surface area contributed by atoms with Crippen molar-refractivity contribution in [1.29, 1.82) is 0 Å². The van der Waals surface area contributed by atoms with Crippen molar-refractivity contribution in [2.45, 2.75) is 46.8 Å². The lowest BCUT2D eigenvalue weighted by molar-refractivity contribution is 0.0984. The van der Waals surface area contributed by atoms with E-state index in [1.807, 2.05) is 13.0 Å². The van der Waals surface area contributed by atoms with Crippen LogP contribution in [0, 0.1) is 0 Å². The number of nitrogens with zero attached hydrogens (tertiary/aromatic N) is 3. The smallest absolute Gasteiger partial charge is 0.295 e. The number of rotatable bonds is 8. The lowest BCUT2D eigenvalue weighted by Crippen LogP contribution is -2.33. The first kappa shape index (κ1) is 19.3. The van der Waals surface area contributed by atoms with E-state index in [9.17, 15) is 5.11 Å². The molecular formula is C20H31N3O2. The van der Waals surface area contributed by atoms with Crippen LogP contribution in [-0.4, -0.2) is 48.4 Å². The van der Waals surface area contributed by atoms with Gasteiger partial charge in [0, 0.05) is 31.9 Å². The number of hydrogen-bond acceptors (Lipinski definition) is 4. The van der Waals surface area contributed by atoms with Crippen molar-refractivity contribution < 1.29 is 9.84 Å². The average Bonchev–Trinajstić information content (AvgIpc) is 2.92. The highest BCUT2D eigenvalue weighted by Gasteiger charge is 2.33. The summed E-state index contributed by atoms with van der Waals surface area (Å²) in [4.78, 5) is 8.56. The van der Waals surface area contributed by atoms with Gasteiger partial charge < -0.3 is 14.7 Å². The second kappa shape index (κ2) is 9.47. The molecule has 5 heteroatoms. The van der Waals surface area contributed by atoms with E-state index in [1.165, 1.54) is 5.69 Å². The Morgan fingerprint density at radius 3 is 2.40 bits per heavy atom. The Hall–Kier alpha value is -2.01. The van der Waals surface area contributed by atoms with E-state index in [4.69, 9.17) is 4.74 Å². The Balaban J connectivity index is 2.15. The number of aliphatic imine (C=N–C) groups is 1. The molecule has 5 nitrogen and oxygen atoms in total. The Labute approximate surface area is 151 Å². The van der Waals surface area contributed by atoms with Gasteiger partial charge in [-0.05, 0) is 51.0 Å². The molecule has 0 radical (unpaired) electrons. The van der Waals surface area contributed by atoms with E-state index in [0.717, 1.165) is 38.0 Å². The van der Waals surface area contributed by atoms with Crippen LogP contribution in [0.25, 0.3) is 6.08 Å². The number of hydrogen-bond donors (Lipinski definition) is 1. The molecule has 1 aliphatic heterocycles. The Kier molecular flexibility index (Phi) is 7.31. The number of likely N-dealkylation sites (N-methyl/N-ethyl adjacent to an activating group) is 1. The second-order valence-electron chi connectivity index (χ2n) is 6.09. The quantitative estimate of drug-likeness (QED) is 0.730. The average molecular weight is 345 g/mol. The van der Waals surface area contributed by atoms with Crippen molar-refractivity contribution in [3.8, 4) is 0 Å². The molecule has 1 aliphatic rings. The molecule has 1 saturated heterocycles. The van der Waals surface area contributed by atoms with Gasteiger partial charge in [-0.15, -0.1) is 0 Å². The SMILES string of the molecule is CCCCN=C1O/C(=C/c2ccc(N(CC)CC)cc2)C(O)N1CC. The largest absolute Gasteiger partial charge is 0.426 e. The summed E-state index contributed by atoms with van der Waals surface area (Å²) < 4.78 is 5.82. The van der Waals surface area contributed by atoms with Gasteiger partial charge in [-0.25, -0.2) is 4.99 Å². The van der Waals surface area contributed by atoms with Crippen molar-refractivity contribution >= 4 is 17.8 Å². The summed E-state index contributed by atoms with van der Waals surface area (Å²) in [6.07, 6.45) is 3.23. The molecule has 0 spiro atoms. The van der Waals surface area contributed by atoms with Crippen molar-refractivity contribution in [1.82, 2.24) is 4.90 Å². The van der Waals surface area contributed by atoms with Crippen molar-refractivity contribution in [3.63, 3.8) is 0 Å². The number of ether oxygens (including phenoxy) is 1. The molecule has 1 unspecified atom stereocenters. The highest BCUT2D eigenvalue weighted by atomic mass is 16.5. The van der Waals surface area contributed by atoms with Gasteiger partial charge in [0.05, 0.1) is 0 Å². The summed E-state index contributed by atoms with van der Waals surface area (Å²) in [5, 5.41) is 10.5. The first-order valence-electron chi connectivity index (χ1n) is 9.38. The summed E-state index contributed by atoms with van der Waals surface area (Å²) in [5.74, 6) is 0.535. The predicted molar refractivity (Wildman–Crippen MR) is 105 cm³/mol. The third-order valence-corrected chi connectivity index (χ3v) is 4.43. The fourth-order valence-electron chi connectivity index (χ4n) is 2.88. The molecule has 1 fully saturated rings. The van der Waals surface area contributed by atoms with Crippen LogP contribution in [-0.2, 0) is 4.74 Å². The summed E-state index contributed by atoms with van der Waals surface area (Å²) in [7, 11) is 0. The van der Waals surface area contributed by atoms with Gasteiger partial charge in [-0.3, -0.25) is 4.90 Å². The fourth-order valence-corrected chi connectivity index (χ4v) is 2.88. The molecule has 1 atom stereocenters. The van der Waals surface area contributed by atoms with Gasteiger partial charge in [0.1, 0.15) is 0 Å². The molecule has 1 aromatic carbocycles. The van der Waals surface area contributed by atoms with Gasteiger partial charge in [-0.2, -0.15) is 0 Å². The third-order valence-electron chi connectivity index (χ3n) is 4.43. The second-order valence-corrected chi connectivity index (χ2v) is 6.09. The van der Waals surface area contributed by atoms with Crippen LogP contribution in [0.1, 0.15) is 46.1 Å². The molecule has 0 aliphatic carbocycles. The van der Waals surface area contributed by atoms with Gasteiger partial charge in [0.2, 0.25) is 0 Å². The Morgan fingerprint density at radius 2 is 1.84 bits per heavy atom. The standard InChI is InChI=1S/C20H31N3O2/c1-5-9-14-21-20-23(8-4)19(24)18(25-20)15-16-10-12-17(13-11-16)22(6-2)7-3/h10-13,15,19,24H,5-9,14H2,1-4H3/b18-15+,21-20?. The normalized spacial score (nSPS) is 20.4. The number of anilines is 1. The zero-order valence-electron chi connectivity index (χ0n) is 15.9. The van der Waals surface area contributed by atoms with Crippen molar-refractivity contribution in [2.24, 2.45) is 4.99 Å². The van der Waals surface area contributed by atoms with Crippen molar-refractivity contribution in [2.75, 3.05) is 31.1 Å². The molecule has 25 heavy (non-hydrogen) atoms. The maximum Gasteiger partial charge on any atom is 0.295 e. The molecule has 0 saturated carbocycles. The van der Waals surface area contributed by atoms with Gasteiger partial charge in [0.25, 0.3) is 6.02 Å². The highest BCUT2D eigenvalue weighted by molar-refractivity contribution is 5.79. The van der Waals surface area contributed by atoms with Gasteiger partial charge in [0.15, 0.2) is 12.0 Å². The monoisotopic (exact) mass is 345 g/mol. The molecule has 0 aromatic heterocycles. The first-order chi connectivity index (χ1) is 12.1. The number of aliphatic hydroxyl groups excluding tert-OH is 1. The molecule has 1 aromatic rings. The minimum Gasteiger partial charge on any atom is -0.426 e. The maximum atomic E-state index is 10.5. The van der Waals surface area contributed by atoms with Crippen LogP contribution in [0.4, 0.5) is 5.69 Å². The zero-order valence-corrected chi connectivity index (χ0v) is 15.9. The first-order valence-corrected chi connectivity index (χ1v) is 9.38. The van der Waals surface area contributed by atoms with Crippen LogP contribution < -0.4 is 4.90 Å². The van der Waals surface area contributed by atoms with Crippen LogP contribution in [0.3, 0.4) is 0 Å². The Morgan fingerprint density at radius 1 is 1.16 bits per heavy atom. The lowest BCUT2D eigenvalue weighted by atomic mass is 10.1. The van der Waals surface area contributed by atoms with Crippen LogP contribution >= 0.6 is 0 Å². The van der Waals surface area contributed by atoms with E-state index in [0.29, 0.717) is 18.3 Å². The maximum absolute atomic E-state index is 10.5. The minimum absolute atomic E-state index is 0.523.